The average Bonchev–Trinajstić information content (AvgIpc) is 2.45. The lowest BCUT2D eigenvalue weighted by Gasteiger charge is -2.07. The number of hydrogen-bond acceptors (Lipinski definition) is 0. The topological polar surface area (TPSA) is 0 Å². The van der Waals surface area contributed by atoms with Gasteiger partial charge in [-0.3, -0.25) is 0 Å². The Morgan fingerprint density at radius 2 is 0.850 bits per heavy atom. The highest BCUT2D eigenvalue weighted by atomic mass is 14.1. The van der Waals surface area contributed by atoms with Crippen molar-refractivity contribution in [3.05, 3.63) is 71.1 Å². The molecular formula is C20H14. The van der Waals surface area contributed by atoms with Gasteiger partial charge in [0.25, 0.3) is 0 Å². The summed E-state index contributed by atoms with van der Waals surface area (Å²) in [6, 6.07) is 21.5. The second-order valence-corrected chi connectivity index (χ2v) is 5.34. The van der Waals surface area contributed by atoms with E-state index in [9.17, 15) is 0 Å². The van der Waals surface area contributed by atoms with Gasteiger partial charge in [0.15, 0.2) is 0 Å². The predicted molar refractivity (Wildman–Crippen MR) is 89.3 cm³/mol. The molecule has 0 unspecified atom stereocenters. The summed E-state index contributed by atoms with van der Waals surface area (Å²) in [5.74, 6) is 0. The van der Waals surface area contributed by atoms with Crippen molar-refractivity contribution in [2.24, 2.45) is 0 Å². The lowest BCUT2D eigenvalue weighted by Crippen LogP contribution is -1.95. The molecule has 0 radical (unpaired) electrons. The highest BCUT2D eigenvalue weighted by Crippen LogP contribution is 2.29. The summed E-state index contributed by atoms with van der Waals surface area (Å²) in [4.78, 5) is 0. The molecule has 0 N–H and O–H groups in total. The predicted octanol–water partition coefficient (Wildman–Crippen LogP) is 3.97. The molecule has 0 spiro atoms. The van der Waals surface area contributed by atoms with E-state index >= 15 is 0 Å². The zero-order chi connectivity index (χ0) is 13.7. The van der Waals surface area contributed by atoms with Crippen LogP contribution in [0.15, 0.2) is 60.7 Å². The SMILES string of the molecule is C=c1ccc2c(ccc3c4ccc(=C)cc4ccc23)c1. The zero-order valence-corrected chi connectivity index (χ0v) is 11.2. The molecule has 0 aliphatic heterocycles. The first-order chi connectivity index (χ1) is 9.72. The minimum absolute atomic E-state index is 1.05. The molecule has 94 valence electrons. The van der Waals surface area contributed by atoms with E-state index in [0.29, 0.717) is 0 Å². The van der Waals surface area contributed by atoms with Crippen LogP contribution in [-0.2, 0) is 0 Å². The van der Waals surface area contributed by atoms with Crippen LogP contribution in [0.5, 0.6) is 0 Å². The van der Waals surface area contributed by atoms with E-state index in [1.165, 1.54) is 32.3 Å². The maximum absolute atomic E-state index is 4.00. The maximum Gasteiger partial charge on any atom is -0.00990 e. The van der Waals surface area contributed by atoms with Gasteiger partial charge in [0, 0.05) is 0 Å². The minimum atomic E-state index is 1.05. The summed E-state index contributed by atoms with van der Waals surface area (Å²) in [6.07, 6.45) is 0. The van der Waals surface area contributed by atoms with E-state index in [1.54, 1.807) is 0 Å². The van der Waals surface area contributed by atoms with E-state index in [-0.39, 0.29) is 0 Å². The molecule has 4 aromatic carbocycles. The molecule has 4 rings (SSSR count). The van der Waals surface area contributed by atoms with Crippen LogP contribution in [0.25, 0.3) is 45.5 Å². The number of benzene rings is 4. The lowest BCUT2D eigenvalue weighted by molar-refractivity contribution is 1.69. The molecule has 0 aliphatic carbocycles. The molecule has 0 heteroatoms. The van der Waals surface area contributed by atoms with Gasteiger partial charge < -0.3 is 0 Å². The van der Waals surface area contributed by atoms with Crippen molar-refractivity contribution in [2.45, 2.75) is 0 Å². The minimum Gasteiger partial charge on any atom is -0.0917 e. The summed E-state index contributed by atoms with van der Waals surface area (Å²) in [5.41, 5.74) is 0. The van der Waals surface area contributed by atoms with Crippen molar-refractivity contribution in [2.75, 3.05) is 0 Å². The lowest BCUT2D eigenvalue weighted by atomic mass is 9.97. The first kappa shape index (κ1) is 11.2. The molecule has 0 saturated heterocycles. The van der Waals surface area contributed by atoms with Gasteiger partial charge >= 0.3 is 0 Å². The summed E-state index contributed by atoms with van der Waals surface area (Å²) in [5, 5.41) is 9.78. The molecule has 0 heterocycles. The van der Waals surface area contributed by atoms with Crippen molar-refractivity contribution >= 4 is 45.5 Å². The maximum atomic E-state index is 4.00. The van der Waals surface area contributed by atoms with Crippen LogP contribution in [0, 0.1) is 0 Å². The Morgan fingerprint density at radius 1 is 0.450 bits per heavy atom. The van der Waals surface area contributed by atoms with Crippen molar-refractivity contribution in [1.29, 1.82) is 0 Å². The highest BCUT2D eigenvalue weighted by Gasteiger charge is 2.03. The Bertz CT molecular complexity index is 983. The normalized spacial score (nSPS) is 11.4. The van der Waals surface area contributed by atoms with Gasteiger partial charge in [-0.15, -0.1) is 0 Å². The summed E-state index contributed by atoms with van der Waals surface area (Å²) < 4.78 is 0. The van der Waals surface area contributed by atoms with Crippen molar-refractivity contribution in [3.8, 4) is 0 Å². The molecule has 20 heavy (non-hydrogen) atoms. The Morgan fingerprint density at radius 3 is 1.30 bits per heavy atom. The van der Waals surface area contributed by atoms with E-state index in [1.807, 2.05) is 0 Å². The Kier molecular flexibility index (Phi) is 2.22. The molecular weight excluding hydrogens is 240 g/mol. The summed E-state index contributed by atoms with van der Waals surface area (Å²) in [7, 11) is 0. The van der Waals surface area contributed by atoms with Crippen LogP contribution >= 0.6 is 0 Å². The van der Waals surface area contributed by atoms with E-state index in [0.717, 1.165) is 10.4 Å². The van der Waals surface area contributed by atoms with Crippen molar-refractivity contribution < 1.29 is 0 Å². The smallest absolute Gasteiger partial charge is 0.00990 e. The van der Waals surface area contributed by atoms with Gasteiger partial charge in [0.1, 0.15) is 0 Å². The summed E-state index contributed by atoms with van der Waals surface area (Å²) >= 11 is 0. The second kappa shape index (κ2) is 3.94. The van der Waals surface area contributed by atoms with Gasteiger partial charge in [-0.1, -0.05) is 61.7 Å². The third kappa shape index (κ3) is 1.55. The van der Waals surface area contributed by atoms with Crippen molar-refractivity contribution in [1.82, 2.24) is 0 Å². The molecule has 0 atom stereocenters. The van der Waals surface area contributed by atoms with Crippen LogP contribution in [0.4, 0.5) is 0 Å². The van der Waals surface area contributed by atoms with E-state index in [2.05, 4.69) is 73.8 Å². The van der Waals surface area contributed by atoms with Crippen LogP contribution in [0.1, 0.15) is 0 Å². The molecule has 0 fully saturated rings. The summed E-state index contributed by atoms with van der Waals surface area (Å²) in [6.45, 7) is 8.01. The first-order valence-electron chi connectivity index (χ1n) is 6.75. The van der Waals surface area contributed by atoms with Gasteiger partial charge in [0.05, 0.1) is 0 Å². The third-order valence-electron chi connectivity index (χ3n) is 3.96. The molecule has 0 nitrogen and oxygen atoms in total. The van der Waals surface area contributed by atoms with Gasteiger partial charge in [-0.25, -0.2) is 0 Å². The van der Waals surface area contributed by atoms with E-state index in [4.69, 9.17) is 0 Å². The Labute approximate surface area is 117 Å². The molecule has 0 amide bonds. The first-order valence-corrected chi connectivity index (χ1v) is 6.75. The average molecular weight is 254 g/mol. The number of hydrogen-bond donors (Lipinski definition) is 0. The Balaban J connectivity index is 2.27. The van der Waals surface area contributed by atoms with Gasteiger partial charge in [-0.05, 0) is 54.9 Å². The van der Waals surface area contributed by atoms with Crippen LogP contribution in [-0.4, -0.2) is 0 Å². The fourth-order valence-corrected chi connectivity index (χ4v) is 2.99. The monoisotopic (exact) mass is 254 g/mol. The van der Waals surface area contributed by atoms with Gasteiger partial charge in [-0.2, -0.15) is 0 Å². The fraction of sp³-hybridized carbons (Fsp3) is 0. The molecule has 4 aromatic rings. The molecule has 0 aromatic heterocycles. The standard InChI is InChI=1S/C20H14/c1-13-3-7-17-15(11-13)5-9-20-18-8-4-14(2)12-16(18)6-10-19(17)20/h3-12H,1-2H2. The van der Waals surface area contributed by atoms with Gasteiger partial charge in [0.2, 0.25) is 0 Å². The second-order valence-electron chi connectivity index (χ2n) is 5.34. The molecule has 0 bridgehead atoms. The third-order valence-corrected chi connectivity index (χ3v) is 3.96. The van der Waals surface area contributed by atoms with Crippen molar-refractivity contribution in [3.63, 3.8) is 0 Å². The zero-order valence-electron chi connectivity index (χ0n) is 11.2. The van der Waals surface area contributed by atoms with Crippen LogP contribution in [0.3, 0.4) is 0 Å². The fourth-order valence-electron chi connectivity index (χ4n) is 2.99. The van der Waals surface area contributed by atoms with E-state index < -0.39 is 0 Å². The quantitative estimate of drug-likeness (QED) is 0.417. The number of rotatable bonds is 0. The molecule has 0 aliphatic rings. The highest BCUT2D eigenvalue weighted by molar-refractivity contribution is 6.17. The molecule has 0 saturated carbocycles. The van der Waals surface area contributed by atoms with Crippen LogP contribution in [0.2, 0.25) is 0 Å². The Hall–Kier alpha value is -2.60. The largest absolute Gasteiger partial charge is 0.0917 e. The number of fused-ring (bicyclic) bond motifs is 5. The van der Waals surface area contributed by atoms with Crippen LogP contribution < -0.4 is 10.4 Å².